The molecule has 4 nitrogen and oxygen atoms in total. The van der Waals surface area contributed by atoms with Gasteiger partial charge >= 0.3 is 12.3 Å². The summed E-state index contributed by atoms with van der Waals surface area (Å²) in [5.41, 5.74) is 0.995. The highest BCUT2D eigenvalue weighted by Crippen LogP contribution is 2.31. The number of halogens is 3. The standard InChI is InChI=1S/C13H10F3NO3S/c1-2-9-10(12(18)19)21-11(17-9)7-3-5-8(6-4-7)20-13(14,15)16/h3-6H,2H2,1H3,(H,18,19). The Bertz CT molecular complexity index is 650. The zero-order valence-electron chi connectivity index (χ0n) is 10.8. The molecule has 0 aliphatic rings. The lowest BCUT2D eigenvalue weighted by molar-refractivity contribution is -0.274. The Balaban J connectivity index is 2.29. The molecule has 0 aliphatic carbocycles. The van der Waals surface area contributed by atoms with E-state index in [1.54, 1.807) is 6.92 Å². The first-order valence-corrected chi connectivity index (χ1v) is 6.71. The largest absolute Gasteiger partial charge is 0.573 e. The van der Waals surface area contributed by atoms with Gasteiger partial charge in [-0.05, 0) is 30.7 Å². The fourth-order valence-electron chi connectivity index (χ4n) is 1.68. The number of alkyl halides is 3. The molecular weight excluding hydrogens is 307 g/mol. The molecule has 1 N–H and O–H groups in total. The Kier molecular flexibility index (Phi) is 4.17. The van der Waals surface area contributed by atoms with E-state index in [1.807, 2.05) is 0 Å². The lowest BCUT2D eigenvalue weighted by Gasteiger charge is -2.08. The maximum absolute atomic E-state index is 12.1. The number of carboxylic acids is 1. The summed E-state index contributed by atoms with van der Waals surface area (Å²) in [6.45, 7) is 1.78. The van der Waals surface area contributed by atoms with Gasteiger partial charge in [0.2, 0.25) is 0 Å². The normalized spacial score (nSPS) is 11.4. The summed E-state index contributed by atoms with van der Waals surface area (Å²) in [6.07, 6.45) is -4.28. The van der Waals surface area contributed by atoms with Crippen LogP contribution in [-0.2, 0) is 6.42 Å². The van der Waals surface area contributed by atoms with Gasteiger partial charge in [0.15, 0.2) is 0 Å². The van der Waals surface area contributed by atoms with Crippen LogP contribution in [0.1, 0.15) is 22.3 Å². The van der Waals surface area contributed by atoms with Crippen LogP contribution in [-0.4, -0.2) is 22.4 Å². The van der Waals surface area contributed by atoms with E-state index in [9.17, 15) is 18.0 Å². The summed E-state index contributed by atoms with van der Waals surface area (Å²) in [4.78, 5) is 15.4. The average molecular weight is 317 g/mol. The van der Waals surface area contributed by atoms with Crippen molar-refractivity contribution in [3.05, 3.63) is 34.8 Å². The second-order valence-electron chi connectivity index (χ2n) is 4.03. The molecule has 1 heterocycles. The molecule has 0 atom stereocenters. The zero-order valence-corrected chi connectivity index (χ0v) is 11.6. The summed E-state index contributed by atoms with van der Waals surface area (Å²) in [7, 11) is 0. The number of aromatic carboxylic acids is 1. The third kappa shape index (κ3) is 3.72. The highest BCUT2D eigenvalue weighted by Gasteiger charge is 2.31. The number of hydrogen-bond donors (Lipinski definition) is 1. The van der Waals surface area contributed by atoms with Crippen molar-refractivity contribution in [2.24, 2.45) is 0 Å². The van der Waals surface area contributed by atoms with Crippen LogP contribution < -0.4 is 4.74 Å². The number of ether oxygens (including phenoxy) is 1. The topological polar surface area (TPSA) is 59.4 Å². The summed E-state index contributed by atoms with van der Waals surface area (Å²) in [6, 6.07) is 5.14. The molecule has 2 rings (SSSR count). The maximum atomic E-state index is 12.1. The molecule has 8 heteroatoms. The van der Waals surface area contributed by atoms with Gasteiger partial charge in [0.25, 0.3) is 0 Å². The van der Waals surface area contributed by atoms with Crippen molar-refractivity contribution in [1.82, 2.24) is 4.98 Å². The van der Waals surface area contributed by atoms with E-state index >= 15 is 0 Å². The summed E-state index contributed by atoms with van der Waals surface area (Å²) >= 11 is 0.991. The second-order valence-corrected chi connectivity index (χ2v) is 5.02. The van der Waals surface area contributed by atoms with Crippen LogP contribution in [0.25, 0.3) is 10.6 Å². The number of carboxylic acid groups (broad SMARTS) is 1. The molecule has 1 aromatic heterocycles. The van der Waals surface area contributed by atoms with Crippen molar-refractivity contribution in [2.45, 2.75) is 19.7 Å². The molecule has 0 saturated carbocycles. The maximum Gasteiger partial charge on any atom is 0.573 e. The van der Waals surface area contributed by atoms with Crippen LogP contribution in [0.2, 0.25) is 0 Å². The molecule has 0 radical (unpaired) electrons. The Hall–Kier alpha value is -2.09. The summed E-state index contributed by atoms with van der Waals surface area (Å²) in [5, 5.41) is 9.50. The molecule has 0 aliphatic heterocycles. The number of aryl methyl sites for hydroxylation is 1. The van der Waals surface area contributed by atoms with Crippen molar-refractivity contribution in [1.29, 1.82) is 0 Å². The SMILES string of the molecule is CCc1nc(-c2ccc(OC(F)(F)F)cc2)sc1C(=O)O. The number of rotatable bonds is 4. The number of carbonyl (C=O) groups is 1. The van der Waals surface area contributed by atoms with E-state index in [1.165, 1.54) is 12.1 Å². The summed E-state index contributed by atoms with van der Waals surface area (Å²) in [5.74, 6) is -1.40. The van der Waals surface area contributed by atoms with Crippen LogP contribution >= 0.6 is 11.3 Å². The molecule has 2 aromatic rings. The van der Waals surface area contributed by atoms with Crippen molar-refractivity contribution in [2.75, 3.05) is 0 Å². The van der Waals surface area contributed by atoms with E-state index in [0.717, 1.165) is 23.5 Å². The number of hydrogen-bond acceptors (Lipinski definition) is 4. The van der Waals surface area contributed by atoms with Gasteiger partial charge in [-0.2, -0.15) is 0 Å². The third-order valence-electron chi connectivity index (χ3n) is 2.56. The molecule has 0 bridgehead atoms. The minimum atomic E-state index is -4.74. The molecule has 0 saturated heterocycles. The average Bonchev–Trinajstić information content (AvgIpc) is 2.82. The Morgan fingerprint density at radius 3 is 2.38 bits per heavy atom. The van der Waals surface area contributed by atoms with Crippen molar-refractivity contribution in [3.8, 4) is 16.3 Å². The van der Waals surface area contributed by atoms with E-state index < -0.39 is 12.3 Å². The number of aromatic nitrogens is 1. The van der Waals surface area contributed by atoms with Crippen LogP contribution in [0.4, 0.5) is 13.2 Å². The van der Waals surface area contributed by atoms with Gasteiger partial charge in [0.1, 0.15) is 15.6 Å². The first-order chi connectivity index (χ1) is 9.80. The summed E-state index contributed by atoms with van der Waals surface area (Å²) < 4.78 is 39.9. The molecule has 0 fully saturated rings. The highest BCUT2D eigenvalue weighted by atomic mass is 32.1. The first kappa shape index (κ1) is 15.3. The van der Waals surface area contributed by atoms with E-state index in [-0.39, 0.29) is 10.6 Å². The molecule has 0 unspecified atom stereocenters. The van der Waals surface area contributed by atoms with Crippen LogP contribution in [0.3, 0.4) is 0 Å². The number of benzene rings is 1. The lowest BCUT2D eigenvalue weighted by atomic mass is 10.2. The van der Waals surface area contributed by atoms with Gasteiger partial charge in [-0.3, -0.25) is 0 Å². The van der Waals surface area contributed by atoms with Crippen molar-refractivity contribution >= 4 is 17.3 Å². The van der Waals surface area contributed by atoms with Gasteiger partial charge in [0, 0.05) is 5.56 Å². The van der Waals surface area contributed by atoms with Gasteiger partial charge in [-0.15, -0.1) is 24.5 Å². The minimum Gasteiger partial charge on any atom is -0.477 e. The van der Waals surface area contributed by atoms with E-state index in [4.69, 9.17) is 5.11 Å². The minimum absolute atomic E-state index is 0.142. The Morgan fingerprint density at radius 2 is 1.95 bits per heavy atom. The monoisotopic (exact) mass is 317 g/mol. The van der Waals surface area contributed by atoms with E-state index in [2.05, 4.69) is 9.72 Å². The fourth-order valence-corrected chi connectivity index (χ4v) is 2.68. The number of thiazole rings is 1. The highest BCUT2D eigenvalue weighted by molar-refractivity contribution is 7.17. The fraction of sp³-hybridized carbons (Fsp3) is 0.231. The van der Waals surface area contributed by atoms with E-state index in [0.29, 0.717) is 22.7 Å². The number of nitrogens with zero attached hydrogens (tertiary/aromatic N) is 1. The van der Waals surface area contributed by atoms with Gasteiger partial charge in [-0.25, -0.2) is 9.78 Å². The predicted molar refractivity (Wildman–Crippen MR) is 70.6 cm³/mol. The lowest BCUT2D eigenvalue weighted by Crippen LogP contribution is -2.16. The molecule has 112 valence electrons. The molecule has 0 spiro atoms. The molecule has 1 aromatic carbocycles. The van der Waals surface area contributed by atoms with Crippen LogP contribution in [0, 0.1) is 0 Å². The van der Waals surface area contributed by atoms with Gasteiger partial charge in [-0.1, -0.05) is 6.92 Å². The third-order valence-corrected chi connectivity index (χ3v) is 3.70. The quantitative estimate of drug-likeness (QED) is 0.927. The molecule has 0 amide bonds. The molecular formula is C13H10F3NO3S. The Morgan fingerprint density at radius 1 is 1.33 bits per heavy atom. The van der Waals surface area contributed by atoms with Crippen LogP contribution in [0.15, 0.2) is 24.3 Å². The van der Waals surface area contributed by atoms with Crippen molar-refractivity contribution in [3.63, 3.8) is 0 Å². The van der Waals surface area contributed by atoms with Gasteiger partial charge < -0.3 is 9.84 Å². The second kappa shape index (κ2) is 5.72. The smallest absolute Gasteiger partial charge is 0.477 e. The predicted octanol–water partition coefficient (Wildman–Crippen LogP) is 3.97. The Labute approximate surface area is 121 Å². The van der Waals surface area contributed by atoms with Gasteiger partial charge in [0.05, 0.1) is 5.69 Å². The zero-order chi connectivity index (χ0) is 15.6. The first-order valence-electron chi connectivity index (χ1n) is 5.89. The van der Waals surface area contributed by atoms with Crippen molar-refractivity contribution < 1.29 is 27.8 Å². The molecule has 21 heavy (non-hydrogen) atoms. The van der Waals surface area contributed by atoms with Crippen LogP contribution in [0.5, 0.6) is 5.75 Å².